The molecule has 13 nitrogen and oxygen atoms in total. The third kappa shape index (κ3) is 10.6. The van der Waals surface area contributed by atoms with E-state index in [2.05, 4.69) is 12.2 Å². The zero-order chi connectivity index (χ0) is 35.7. The number of nitrogens with one attached hydrogen (secondary N) is 1. The molecule has 0 bridgehead atoms. The highest BCUT2D eigenvalue weighted by atomic mass is 16.8. The highest BCUT2D eigenvalue weighted by Crippen LogP contribution is 2.42. The van der Waals surface area contributed by atoms with Crippen molar-refractivity contribution in [3.05, 3.63) is 30.3 Å². The Kier molecular flexibility index (Phi) is 14.3. The predicted octanol–water partition coefficient (Wildman–Crippen LogP) is 5.40. The zero-order valence-electron chi connectivity index (χ0n) is 30.3. The molecular formula is C37H59NO12. The second kappa shape index (κ2) is 18.2. The van der Waals surface area contributed by atoms with Gasteiger partial charge in [-0.1, -0.05) is 82.9 Å². The number of hydrogen-bond donors (Lipinski definition) is 3. The molecule has 1 aromatic carbocycles. The fraction of sp³-hybridized carbons (Fsp3) is 0.811. The smallest absolute Gasteiger partial charge is 0.412 e. The van der Waals surface area contributed by atoms with Gasteiger partial charge >= 0.3 is 6.09 Å². The van der Waals surface area contributed by atoms with Gasteiger partial charge in [0.05, 0.1) is 13.2 Å². The second-order valence-corrected chi connectivity index (χ2v) is 14.6. The molecular weight excluding hydrogens is 650 g/mol. The lowest BCUT2D eigenvalue weighted by Gasteiger charge is -2.32. The molecule has 50 heavy (non-hydrogen) atoms. The fourth-order valence-corrected chi connectivity index (χ4v) is 7.13. The molecule has 4 fully saturated rings. The van der Waals surface area contributed by atoms with Crippen LogP contribution in [0.5, 0.6) is 0 Å². The molecule has 5 rings (SSSR count). The van der Waals surface area contributed by atoms with E-state index in [9.17, 15) is 15.0 Å². The lowest BCUT2D eigenvalue weighted by Crippen LogP contribution is -2.48. The van der Waals surface area contributed by atoms with Crippen LogP contribution in [-0.4, -0.2) is 109 Å². The summed E-state index contributed by atoms with van der Waals surface area (Å²) in [6, 6.07) is 8.97. The van der Waals surface area contributed by atoms with E-state index in [-0.39, 0.29) is 6.61 Å². The summed E-state index contributed by atoms with van der Waals surface area (Å²) in [6.45, 7) is 9.18. The third-order valence-corrected chi connectivity index (χ3v) is 9.52. The van der Waals surface area contributed by atoms with Gasteiger partial charge in [-0.2, -0.15) is 0 Å². The van der Waals surface area contributed by atoms with Crippen LogP contribution in [0.4, 0.5) is 10.5 Å². The van der Waals surface area contributed by atoms with E-state index in [1.807, 2.05) is 32.0 Å². The Hall–Kier alpha value is -1.91. The minimum Gasteiger partial charge on any atom is -0.441 e. The average Bonchev–Trinajstić information content (AvgIpc) is 3.77. The highest BCUT2D eigenvalue weighted by Gasteiger charge is 2.60. The number of benzene rings is 1. The summed E-state index contributed by atoms with van der Waals surface area (Å²) in [6.07, 6.45) is 3.19. The van der Waals surface area contributed by atoms with E-state index < -0.39 is 85.7 Å². The molecule has 4 saturated heterocycles. The van der Waals surface area contributed by atoms with Crippen molar-refractivity contribution in [1.29, 1.82) is 0 Å². The van der Waals surface area contributed by atoms with Crippen LogP contribution in [-0.2, 0) is 42.6 Å². The normalized spacial score (nSPS) is 32.1. The molecule has 0 spiro atoms. The van der Waals surface area contributed by atoms with Gasteiger partial charge in [0.1, 0.15) is 42.7 Å². The van der Waals surface area contributed by atoms with Crippen molar-refractivity contribution in [1.82, 2.24) is 0 Å². The molecule has 0 saturated carbocycles. The number of para-hydroxylation sites is 1. The summed E-state index contributed by atoms with van der Waals surface area (Å²) in [5, 5.41) is 22.9. The molecule has 284 valence electrons. The molecule has 1 aromatic rings. The first-order valence-corrected chi connectivity index (χ1v) is 18.6. The summed E-state index contributed by atoms with van der Waals surface area (Å²) in [5.74, 6) is -1.83. The lowest BCUT2D eigenvalue weighted by atomic mass is 10.0. The van der Waals surface area contributed by atoms with Crippen molar-refractivity contribution < 1.29 is 57.6 Å². The lowest BCUT2D eigenvalue weighted by molar-refractivity contribution is -0.258. The maximum absolute atomic E-state index is 13.3. The maximum Gasteiger partial charge on any atom is 0.412 e. The van der Waals surface area contributed by atoms with Gasteiger partial charge in [0, 0.05) is 12.3 Å². The Balaban J connectivity index is 1.24. The Labute approximate surface area is 296 Å². The summed E-state index contributed by atoms with van der Waals surface area (Å²) in [4.78, 5) is 13.3. The molecule has 4 heterocycles. The number of carbonyl (C=O) groups excluding carboxylic acids is 1. The number of unbranched alkanes of at least 4 members (excludes halogenated alkanes) is 9. The number of aliphatic hydroxyl groups is 2. The first-order valence-electron chi connectivity index (χ1n) is 18.6. The number of carbonyl (C=O) groups is 1. The summed E-state index contributed by atoms with van der Waals surface area (Å²) in [7, 11) is 0. The Morgan fingerprint density at radius 3 is 2.10 bits per heavy atom. The van der Waals surface area contributed by atoms with E-state index in [0.717, 1.165) is 19.3 Å². The zero-order valence-corrected chi connectivity index (χ0v) is 30.3. The van der Waals surface area contributed by atoms with Gasteiger partial charge in [-0.05, 0) is 46.2 Å². The van der Waals surface area contributed by atoms with Gasteiger partial charge in [0.2, 0.25) is 0 Å². The fourth-order valence-electron chi connectivity index (χ4n) is 7.13. The number of fused-ring (bicyclic) bond motifs is 2. The Morgan fingerprint density at radius 1 is 0.800 bits per heavy atom. The van der Waals surface area contributed by atoms with E-state index in [1.54, 1.807) is 26.0 Å². The van der Waals surface area contributed by atoms with Crippen LogP contribution in [0.15, 0.2) is 30.3 Å². The minimum absolute atomic E-state index is 0.173. The topological polar surface area (TPSA) is 153 Å². The van der Waals surface area contributed by atoms with Gasteiger partial charge in [-0.15, -0.1) is 0 Å². The number of anilines is 1. The van der Waals surface area contributed by atoms with Crippen molar-refractivity contribution in [3.8, 4) is 0 Å². The Bertz CT molecular complexity index is 1170. The molecule has 0 radical (unpaired) electrons. The molecule has 10 unspecified atom stereocenters. The maximum atomic E-state index is 13.3. The number of ether oxygens (including phenoxy) is 9. The summed E-state index contributed by atoms with van der Waals surface area (Å²) >= 11 is 0. The van der Waals surface area contributed by atoms with Crippen molar-refractivity contribution in [2.24, 2.45) is 0 Å². The number of rotatable bonds is 20. The van der Waals surface area contributed by atoms with Gasteiger partial charge in [0.15, 0.2) is 30.3 Å². The number of aliphatic hydroxyl groups excluding tert-OH is 2. The van der Waals surface area contributed by atoms with Gasteiger partial charge < -0.3 is 52.8 Å². The highest BCUT2D eigenvalue weighted by molar-refractivity contribution is 5.84. The van der Waals surface area contributed by atoms with Crippen LogP contribution in [0.2, 0.25) is 0 Å². The van der Waals surface area contributed by atoms with Crippen LogP contribution >= 0.6 is 0 Å². The monoisotopic (exact) mass is 709 g/mol. The van der Waals surface area contributed by atoms with Crippen LogP contribution in [0.3, 0.4) is 0 Å². The molecule has 13 heteroatoms. The first-order chi connectivity index (χ1) is 24.0. The van der Waals surface area contributed by atoms with E-state index in [4.69, 9.17) is 42.6 Å². The molecule has 4 aliphatic rings. The van der Waals surface area contributed by atoms with Crippen molar-refractivity contribution in [2.75, 3.05) is 25.1 Å². The van der Waals surface area contributed by atoms with E-state index >= 15 is 0 Å². The molecule has 0 aromatic heterocycles. The Morgan fingerprint density at radius 2 is 1.42 bits per heavy atom. The predicted molar refractivity (Wildman–Crippen MR) is 182 cm³/mol. The largest absolute Gasteiger partial charge is 0.441 e. The summed E-state index contributed by atoms with van der Waals surface area (Å²) < 4.78 is 55.5. The molecule has 0 aliphatic carbocycles. The minimum atomic E-state index is -1.21. The first kappa shape index (κ1) is 39.3. The van der Waals surface area contributed by atoms with Crippen LogP contribution in [0.1, 0.15) is 98.8 Å². The van der Waals surface area contributed by atoms with Crippen molar-refractivity contribution in [3.63, 3.8) is 0 Å². The average molecular weight is 710 g/mol. The van der Waals surface area contributed by atoms with E-state index in [0.29, 0.717) is 12.3 Å². The van der Waals surface area contributed by atoms with E-state index in [1.165, 1.54) is 44.9 Å². The molecule has 1 amide bonds. The van der Waals surface area contributed by atoms with Crippen LogP contribution < -0.4 is 5.32 Å². The standard InChI is InChI=1S/C37H59NO12/c1-6-7-8-9-10-11-12-13-14-18-21-42-29-28(46-34-31(29)48-37(4,5)50-34)26(44-35(41)38-24-19-16-15-17-20-24)23-43-33-32-30(47-36(2,3)49-32)27(45-33)25(40)22-39/h15-17,19-20,25-34,39-40H,6-14,18,21-23H2,1-5H3,(H,38,41). The molecule has 10 atom stereocenters. The van der Waals surface area contributed by atoms with Gasteiger partial charge in [-0.3, -0.25) is 5.32 Å². The summed E-state index contributed by atoms with van der Waals surface area (Å²) in [5.41, 5.74) is 0.560. The van der Waals surface area contributed by atoms with Gasteiger partial charge in [-0.25, -0.2) is 4.79 Å². The molecule has 3 N–H and O–H groups in total. The SMILES string of the molecule is CCCCCCCCCCCCOC1C(C(COC2OC(C(O)CO)C3OC(C)(C)OC23)OC(=O)Nc2ccccc2)OC2OC(C)(C)OC21. The number of hydrogen-bond acceptors (Lipinski definition) is 12. The number of amides is 1. The molecule has 4 aliphatic heterocycles. The quantitative estimate of drug-likeness (QED) is 0.149. The van der Waals surface area contributed by atoms with Gasteiger partial charge in [0.25, 0.3) is 0 Å². The van der Waals surface area contributed by atoms with Crippen molar-refractivity contribution in [2.45, 2.75) is 172 Å². The van der Waals surface area contributed by atoms with Crippen LogP contribution in [0, 0.1) is 0 Å². The van der Waals surface area contributed by atoms with Crippen LogP contribution in [0.25, 0.3) is 0 Å². The second-order valence-electron chi connectivity index (χ2n) is 14.6. The van der Waals surface area contributed by atoms with Crippen molar-refractivity contribution >= 4 is 11.8 Å². The third-order valence-electron chi connectivity index (χ3n) is 9.52.